The lowest BCUT2D eigenvalue weighted by atomic mass is 9.77. The number of hydrogen-bond donors (Lipinski definition) is 3. The maximum Gasteiger partial charge on any atom is 0.0625 e. The van der Waals surface area contributed by atoms with E-state index in [1.165, 1.54) is 6.42 Å². The molecule has 0 saturated carbocycles. The van der Waals surface area contributed by atoms with E-state index >= 15 is 0 Å². The number of nitrogens with zero attached hydrogens (tertiary/aromatic N) is 1. The van der Waals surface area contributed by atoms with Gasteiger partial charge in [-0.15, -0.1) is 0 Å². The van der Waals surface area contributed by atoms with Crippen molar-refractivity contribution in [2.24, 2.45) is 5.92 Å². The van der Waals surface area contributed by atoms with Crippen LogP contribution in [0.3, 0.4) is 0 Å². The molecule has 2 saturated heterocycles. The first-order chi connectivity index (χ1) is 7.37. The molecule has 4 heteroatoms. The summed E-state index contributed by atoms with van der Waals surface area (Å²) in [4.78, 5) is 0. The summed E-state index contributed by atoms with van der Waals surface area (Å²) in [5.74, 6) is 0.543. The van der Waals surface area contributed by atoms with Crippen molar-refractivity contribution in [2.45, 2.75) is 43.9 Å². The van der Waals surface area contributed by atoms with E-state index in [1.807, 2.05) is 0 Å². The van der Waals surface area contributed by atoms with Gasteiger partial charge < -0.3 is 10.6 Å². The zero-order chi connectivity index (χ0) is 12.2. The van der Waals surface area contributed by atoms with Crippen molar-refractivity contribution in [3.05, 3.63) is 0 Å². The minimum Gasteiger partial charge on any atom is -0.315 e. The zero-order valence-electron chi connectivity index (χ0n) is 10.5. The molecule has 2 aliphatic heterocycles. The minimum absolute atomic E-state index is 0.194. The van der Waals surface area contributed by atoms with E-state index in [9.17, 15) is 0 Å². The van der Waals surface area contributed by atoms with Crippen molar-refractivity contribution in [1.29, 1.82) is 5.26 Å². The maximum atomic E-state index is 8.57. The molecule has 2 rings (SSSR count). The molecule has 0 aromatic carbocycles. The molecular weight excluding hydrogens is 218 g/mol. The van der Waals surface area contributed by atoms with Crippen LogP contribution in [0.1, 0.15) is 33.6 Å². The van der Waals surface area contributed by atoms with Crippen molar-refractivity contribution >= 4 is 12.6 Å². The Bertz CT molecular complexity index is 254. The predicted octanol–water partition coefficient (Wildman–Crippen LogP) is 1.57. The molecule has 2 heterocycles. The van der Waals surface area contributed by atoms with Crippen molar-refractivity contribution < 1.29 is 0 Å². The molecule has 0 amide bonds. The number of nitriles is 1. The van der Waals surface area contributed by atoms with E-state index in [4.69, 9.17) is 5.26 Å². The number of nitrogens with one attached hydrogen (secondary N) is 2. The molecule has 0 aromatic rings. The van der Waals surface area contributed by atoms with Crippen LogP contribution in [0.2, 0.25) is 0 Å². The van der Waals surface area contributed by atoms with Gasteiger partial charge in [-0.2, -0.15) is 17.9 Å². The van der Waals surface area contributed by atoms with Crippen LogP contribution in [0.5, 0.6) is 0 Å². The summed E-state index contributed by atoms with van der Waals surface area (Å²) >= 11 is 4.12. The van der Waals surface area contributed by atoms with Gasteiger partial charge in [-0.1, -0.05) is 20.8 Å². The second-order valence-electron chi connectivity index (χ2n) is 5.69. The summed E-state index contributed by atoms with van der Waals surface area (Å²) in [7, 11) is 0. The predicted molar refractivity (Wildman–Crippen MR) is 70.7 cm³/mol. The normalized spacial score (nSPS) is 32.6. The fraction of sp³-hybridized carbons (Fsp3) is 0.917. The van der Waals surface area contributed by atoms with Gasteiger partial charge in [0.15, 0.2) is 0 Å². The number of thiol groups is 1. The highest BCUT2D eigenvalue weighted by Crippen LogP contribution is 2.32. The molecule has 92 valence electrons. The van der Waals surface area contributed by atoms with E-state index in [2.05, 4.69) is 50.1 Å². The topological polar surface area (TPSA) is 47.9 Å². The lowest BCUT2D eigenvalue weighted by Gasteiger charge is -2.43. The van der Waals surface area contributed by atoms with Crippen LogP contribution < -0.4 is 10.6 Å². The van der Waals surface area contributed by atoms with Gasteiger partial charge in [-0.25, -0.2) is 0 Å². The highest BCUT2D eigenvalue weighted by Gasteiger charge is 2.46. The van der Waals surface area contributed by atoms with E-state index in [-0.39, 0.29) is 4.75 Å². The Hall–Kier alpha value is -0.240. The van der Waals surface area contributed by atoms with Crippen LogP contribution in [0.25, 0.3) is 0 Å². The third kappa shape index (κ3) is 3.97. The van der Waals surface area contributed by atoms with Crippen LogP contribution in [0.15, 0.2) is 0 Å². The average molecular weight is 241 g/mol. The molecule has 2 unspecified atom stereocenters. The molecular formula is C12H23N3S. The Labute approximate surface area is 104 Å². The van der Waals surface area contributed by atoms with Crippen LogP contribution >= 0.6 is 12.6 Å². The average Bonchev–Trinajstić information content (AvgIpc) is 2.44. The highest BCUT2D eigenvalue weighted by molar-refractivity contribution is 7.81. The number of hydrogen-bond acceptors (Lipinski definition) is 4. The fourth-order valence-corrected chi connectivity index (χ4v) is 2.13. The molecule has 0 radical (unpaired) electrons. The molecule has 2 aliphatic rings. The quantitative estimate of drug-likeness (QED) is 0.611. The lowest BCUT2D eigenvalue weighted by molar-refractivity contribution is 0.170. The molecule has 16 heavy (non-hydrogen) atoms. The fourth-order valence-electron chi connectivity index (χ4n) is 2.13. The first-order valence-electron chi connectivity index (χ1n) is 5.92. The van der Waals surface area contributed by atoms with Crippen molar-refractivity contribution in [3.8, 4) is 6.07 Å². The Morgan fingerprint density at radius 2 is 2.06 bits per heavy atom. The van der Waals surface area contributed by atoms with E-state index in [0.717, 1.165) is 19.6 Å². The van der Waals surface area contributed by atoms with E-state index in [1.54, 1.807) is 0 Å². The minimum atomic E-state index is 0.194. The van der Waals surface area contributed by atoms with Crippen LogP contribution in [-0.4, -0.2) is 29.9 Å². The van der Waals surface area contributed by atoms with Crippen molar-refractivity contribution in [1.82, 2.24) is 10.6 Å². The van der Waals surface area contributed by atoms with Gasteiger partial charge in [-0.3, -0.25) is 0 Å². The summed E-state index contributed by atoms with van der Waals surface area (Å²) in [5, 5.41) is 15.4. The summed E-state index contributed by atoms with van der Waals surface area (Å²) in [6, 6.07) is 2.25. The van der Waals surface area contributed by atoms with Gasteiger partial charge in [0.25, 0.3) is 0 Å². The highest BCUT2D eigenvalue weighted by atomic mass is 32.1. The van der Waals surface area contributed by atoms with Gasteiger partial charge in [0.2, 0.25) is 0 Å². The third-order valence-electron chi connectivity index (χ3n) is 3.00. The van der Waals surface area contributed by atoms with E-state index in [0.29, 0.717) is 17.9 Å². The van der Waals surface area contributed by atoms with Crippen LogP contribution in [0.4, 0.5) is 0 Å². The Kier molecular flexibility index (Phi) is 4.66. The van der Waals surface area contributed by atoms with Gasteiger partial charge in [-0.05, 0) is 13.0 Å². The first-order valence-corrected chi connectivity index (χ1v) is 6.37. The summed E-state index contributed by atoms with van der Waals surface area (Å²) in [6.07, 6.45) is 1.94. The SMILES string of the molecule is CC(C)(C)S.N#CCC1CNCC12CCN2. The first kappa shape index (κ1) is 13.8. The number of rotatable bonds is 1. The standard InChI is InChI=1S/C8H13N3.C4H10S/c9-3-1-7-5-10-6-8(7)2-4-11-8;1-4(2,3)5/h7,10-11H,1-2,4-6H2;5H,1-3H3. The van der Waals surface area contributed by atoms with Crippen molar-refractivity contribution in [3.63, 3.8) is 0 Å². The molecule has 2 fully saturated rings. The molecule has 0 aliphatic carbocycles. The van der Waals surface area contributed by atoms with Crippen molar-refractivity contribution in [2.75, 3.05) is 19.6 Å². The molecule has 0 bridgehead atoms. The van der Waals surface area contributed by atoms with Gasteiger partial charge in [0.1, 0.15) is 0 Å². The van der Waals surface area contributed by atoms with Crippen LogP contribution in [0, 0.1) is 17.2 Å². The largest absolute Gasteiger partial charge is 0.315 e. The van der Waals surface area contributed by atoms with Gasteiger partial charge >= 0.3 is 0 Å². The Morgan fingerprint density at radius 3 is 2.44 bits per heavy atom. The second-order valence-corrected chi connectivity index (χ2v) is 7.04. The molecule has 2 atom stereocenters. The molecule has 2 N–H and O–H groups in total. The Morgan fingerprint density at radius 1 is 1.50 bits per heavy atom. The summed E-state index contributed by atoms with van der Waals surface area (Å²) in [5.41, 5.74) is 0.301. The van der Waals surface area contributed by atoms with Crippen LogP contribution in [-0.2, 0) is 0 Å². The third-order valence-corrected chi connectivity index (χ3v) is 3.00. The monoisotopic (exact) mass is 241 g/mol. The van der Waals surface area contributed by atoms with Gasteiger partial charge in [0, 0.05) is 35.7 Å². The molecule has 3 nitrogen and oxygen atoms in total. The van der Waals surface area contributed by atoms with E-state index < -0.39 is 0 Å². The van der Waals surface area contributed by atoms with Gasteiger partial charge in [0.05, 0.1) is 6.07 Å². The maximum absolute atomic E-state index is 8.57. The second kappa shape index (κ2) is 5.39. The Balaban J connectivity index is 0.000000221. The lowest BCUT2D eigenvalue weighted by Crippen LogP contribution is -2.62. The summed E-state index contributed by atoms with van der Waals surface area (Å²) in [6.45, 7) is 9.35. The zero-order valence-corrected chi connectivity index (χ0v) is 11.4. The molecule has 1 spiro atoms. The smallest absolute Gasteiger partial charge is 0.0625 e. The molecule has 0 aromatic heterocycles. The summed E-state index contributed by atoms with van der Waals surface area (Å²) < 4.78 is 0.194.